The first-order chi connectivity index (χ1) is 11.5. The van der Waals surface area contributed by atoms with Crippen molar-refractivity contribution in [2.45, 2.75) is 0 Å². The average molecular weight is 332 g/mol. The van der Waals surface area contributed by atoms with Crippen molar-refractivity contribution >= 4 is 17.5 Å². The number of ether oxygens (including phenoxy) is 2. The van der Waals surface area contributed by atoms with E-state index in [9.17, 15) is 9.59 Å². The van der Waals surface area contributed by atoms with Gasteiger partial charge in [-0.15, -0.1) is 5.10 Å². The van der Waals surface area contributed by atoms with E-state index in [4.69, 9.17) is 9.47 Å². The molecule has 8 nitrogen and oxygen atoms in total. The molecule has 0 saturated carbocycles. The maximum Gasteiger partial charge on any atom is 0.262 e. The lowest BCUT2D eigenvalue weighted by molar-refractivity contribution is 0.0936. The van der Waals surface area contributed by atoms with Gasteiger partial charge in [0.15, 0.2) is 0 Å². The van der Waals surface area contributed by atoms with Crippen LogP contribution in [-0.2, 0) is 11.8 Å². The number of benzene rings is 1. The largest absolute Gasteiger partial charge is 0.479 e. The highest BCUT2D eigenvalue weighted by atomic mass is 16.5. The Morgan fingerprint density at radius 3 is 2.50 bits per heavy atom. The van der Waals surface area contributed by atoms with Crippen LogP contribution < -0.4 is 15.4 Å². The van der Waals surface area contributed by atoms with Crippen LogP contribution in [0.4, 0.5) is 5.69 Å². The Morgan fingerprint density at radius 2 is 1.88 bits per heavy atom. The number of aryl methyl sites for hydroxylation is 1. The lowest BCUT2D eigenvalue weighted by Gasteiger charge is -2.07. The molecule has 0 aliphatic rings. The van der Waals surface area contributed by atoms with Gasteiger partial charge in [-0.25, -0.2) is 0 Å². The Morgan fingerprint density at radius 1 is 1.17 bits per heavy atom. The Kier molecular flexibility index (Phi) is 5.91. The van der Waals surface area contributed by atoms with E-state index in [1.807, 2.05) is 0 Å². The SMILES string of the molecule is COCCNC(=O)c1ccc(NC(=O)c2cn(C)nc2OC)cc1. The van der Waals surface area contributed by atoms with Crippen molar-refractivity contribution in [1.29, 1.82) is 0 Å². The second kappa shape index (κ2) is 8.11. The molecule has 2 rings (SSSR count). The van der Waals surface area contributed by atoms with E-state index in [0.717, 1.165) is 0 Å². The summed E-state index contributed by atoms with van der Waals surface area (Å²) >= 11 is 0. The van der Waals surface area contributed by atoms with Gasteiger partial charge in [-0.3, -0.25) is 14.3 Å². The van der Waals surface area contributed by atoms with Crippen LogP contribution >= 0.6 is 0 Å². The van der Waals surface area contributed by atoms with Gasteiger partial charge in [0, 0.05) is 38.1 Å². The molecule has 0 atom stereocenters. The molecule has 1 aromatic heterocycles. The molecule has 128 valence electrons. The zero-order valence-corrected chi connectivity index (χ0v) is 13.8. The number of hydrogen-bond donors (Lipinski definition) is 2. The highest BCUT2D eigenvalue weighted by Gasteiger charge is 2.16. The lowest BCUT2D eigenvalue weighted by atomic mass is 10.2. The summed E-state index contributed by atoms with van der Waals surface area (Å²) in [6, 6.07) is 6.59. The second-order valence-corrected chi connectivity index (χ2v) is 5.01. The first-order valence-electron chi connectivity index (χ1n) is 7.31. The van der Waals surface area contributed by atoms with Crippen molar-refractivity contribution in [1.82, 2.24) is 15.1 Å². The molecular weight excluding hydrogens is 312 g/mol. The number of anilines is 1. The van der Waals surface area contributed by atoms with Crippen LogP contribution in [0.5, 0.6) is 5.88 Å². The third-order valence-corrected chi connectivity index (χ3v) is 3.23. The van der Waals surface area contributed by atoms with Gasteiger partial charge in [-0.1, -0.05) is 0 Å². The summed E-state index contributed by atoms with van der Waals surface area (Å²) in [5.74, 6) is -0.278. The van der Waals surface area contributed by atoms with Crippen LogP contribution in [0.25, 0.3) is 0 Å². The van der Waals surface area contributed by atoms with Gasteiger partial charge < -0.3 is 20.1 Å². The fourth-order valence-corrected chi connectivity index (χ4v) is 2.05. The maximum absolute atomic E-state index is 12.3. The molecule has 0 radical (unpaired) electrons. The molecule has 1 aromatic carbocycles. The molecule has 1 heterocycles. The zero-order chi connectivity index (χ0) is 17.5. The van der Waals surface area contributed by atoms with Gasteiger partial charge >= 0.3 is 0 Å². The van der Waals surface area contributed by atoms with Crippen LogP contribution in [0.15, 0.2) is 30.5 Å². The third kappa shape index (κ3) is 4.32. The van der Waals surface area contributed by atoms with Gasteiger partial charge in [0.2, 0.25) is 5.88 Å². The number of carbonyl (C=O) groups excluding carboxylic acids is 2. The number of nitrogens with zero attached hydrogens (tertiary/aromatic N) is 2. The minimum absolute atomic E-state index is 0.196. The Bertz CT molecular complexity index is 709. The van der Waals surface area contributed by atoms with Crippen molar-refractivity contribution < 1.29 is 19.1 Å². The monoisotopic (exact) mass is 332 g/mol. The first kappa shape index (κ1) is 17.5. The van der Waals surface area contributed by atoms with E-state index in [1.54, 1.807) is 44.6 Å². The molecule has 2 amide bonds. The van der Waals surface area contributed by atoms with Gasteiger partial charge in [0.25, 0.3) is 11.8 Å². The van der Waals surface area contributed by atoms with Crippen LogP contribution in [-0.4, -0.2) is 49.0 Å². The van der Waals surface area contributed by atoms with Crippen LogP contribution in [0.2, 0.25) is 0 Å². The smallest absolute Gasteiger partial charge is 0.262 e. The Labute approximate surface area is 139 Å². The number of amides is 2. The molecule has 0 unspecified atom stereocenters. The molecule has 2 N–H and O–H groups in total. The fraction of sp³-hybridized carbons (Fsp3) is 0.312. The summed E-state index contributed by atoms with van der Waals surface area (Å²) in [6.45, 7) is 0.890. The predicted molar refractivity (Wildman–Crippen MR) is 88.4 cm³/mol. The van der Waals surface area contributed by atoms with Gasteiger partial charge in [0.05, 0.1) is 13.7 Å². The van der Waals surface area contributed by atoms with Crippen molar-refractivity contribution in [3.05, 3.63) is 41.6 Å². The molecule has 0 saturated heterocycles. The number of rotatable bonds is 7. The molecule has 0 spiro atoms. The standard InChI is InChI=1S/C16H20N4O4/c1-20-10-13(16(19-20)24-3)15(22)18-12-6-4-11(5-7-12)14(21)17-8-9-23-2/h4-7,10H,8-9H2,1-3H3,(H,17,21)(H,18,22). The number of hydrogen-bond acceptors (Lipinski definition) is 5. The summed E-state index contributed by atoms with van der Waals surface area (Å²) < 4.78 is 11.4. The van der Waals surface area contributed by atoms with Crippen molar-refractivity contribution in [2.24, 2.45) is 7.05 Å². The van der Waals surface area contributed by atoms with Crippen molar-refractivity contribution in [2.75, 3.05) is 32.7 Å². The fourth-order valence-electron chi connectivity index (χ4n) is 2.05. The molecule has 24 heavy (non-hydrogen) atoms. The van der Waals surface area contributed by atoms with Crippen LogP contribution in [0.1, 0.15) is 20.7 Å². The van der Waals surface area contributed by atoms with Gasteiger partial charge in [-0.2, -0.15) is 0 Å². The summed E-state index contributed by atoms with van der Waals surface area (Å²) in [7, 11) is 4.73. The summed E-state index contributed by atoms with van der Waals surface area (Å²) in [5, 5.41) is 9.50. The summed E-state index contributed by atoms with van der Waals surface area (Å²) in [6.07, 6.45) is 1.58. The zero-order valence-electron chi connectivity index (χ0n) is 13.8. The molecule has 0 aliphatic heterocycles. The molecule has 0 aliphatic carbocycles. The molecule has 0 bridgehead atoms. The Balaban J connectivity index is 2.00. The van der Waals surface area contributed by atoms with Crippen LogP contribution in [0.3, 0.4) is 0 Å². The van der Waals surface area contributed by atoms with E-state index in [0.29, 0.717) is 30.0 Å². The summed E-state index contributed by atoms with van der Waals surface area (Å²) in [4.78, 5) is 24.1. The van der Waals surface area contributed by atoms with Crippen LogP contribution in [0, 0.1) is 0 Å². The molecule has 8 heteroatoms. The van der Waals surface area contributed by atoms with Crippen molar-refractivity contribution in [3.8, 4) is 5.88 Å². The lowest BCUT2D eigenvalue weighted by Crippen LogP contribution is -2.26. The summed E-state index contributed by atoms with van der Waals surface area (Å²) in [5.41, 5.74) is 1.41. The Hall–Kier alpha value is -2.87. The maximum atomic E-state index is 12.3. The van der Waals surface area contributed by atoms with E-state index in [-0.39, 0.29) is 17.7 Å². The number of aromatic nitrogens is 2. The third-order valence-electron chi connectivity index (χ3n) is 3.23. The number of nitrogens with one attached hydrogen (secondary N) is 2. The quantitative estimate of drug-likeness (QED) is 0.739. The highest BCUT2D eigenvalue weighted by molar-refractivity contribution is 6.06. The topological polar surface area (TPSA) is 94.5 Å². The average Bonchev–Trinajstić information content (AvgIpc) is 2.97. The van der Waals surface area contributed by atoms with E-state index >= 15 is 0 Å². The van der Waals surface area contributed by atoms with E-state index in [2.05, 4.69) is 15.7 Å². The van der Waals surface area contributed by atoms with E-state index in [1.165, 1.54) is 11.8 Å². The minimum atomic E-state index is -0.336. The minimum Gasteiger partial charge on any atom is -0.479 e. The first-order valence-corrected chi connectivity index (χ1v) is 7.31. The van der Waals surface area contributed by atoms with Crippen molar-refractivity contribution in [3.63, 3.8) is 0 Å². The normalized spacial score (nSPS) is 10.3. The second-order valence-electron chi connectivity index (χ2n) is 5.01. The number of methoxy groups -OCH3 is 2. The number of carbonyl (C=O) groups is 2. The molecular formula is C16H20N4O4. The molecule has 0 fully saturated rings. The molecule has 2 aromatic rings. The highest BCUT2D eigenvalue weighted by Crippen LogP contribution is 2.17. The van der Waals surface area contributed by atoms with Gasteiger partial charge in [-0.05, 0) is 24.3 Å². The predicted octanol–water partition coefficient (Wildman–Crippen LogP) is 1.06. The van der Waals surface area contributed by atoms with E-state index < -0.39 is 0 Å². The van der Waals surface area contributed by atoms with Gasteiger partial charge in [0.1, 0.15) is 5.56 Å².